The molecule has 0 unspecified atom stereocenters. The molecular formula is C25H28N6O5S. The van der Waals surface area contributed by atoms with E-state index in [0.717, 1.165) is 27.4 Å². The van der Waals surface area contributed by atoms with Crippen molar-refractivity contribution in [1.82, 2.24) is 19.4 Å². The lowest BCUT2D eigenvalue weighted by atomic mass is 10.1. The topological polar surface area (TPSA) is 133 Å². The number of aromatic hydroxyl groups is 1. The highest BCUT2D eigenvalue weighted by Crippen LogP contribution is 2.31. The summed E-state index contributed by atoms with van der Waals surface area (Å²) in [5.41, 5.74) is 3.13. The van der Waals surface area contributed by atoms with E-state index in [1.165, 1.54) is 11.4 Å². The van der Waals surface area contributed by atoms with Gasteiger partial charge in [0.15, 0.2) is 17.2 Å². The first-order valence-electron chi connectivity index (χ1n) is 11.8. The summed E-state index contributed by atoms with van der Waals surface area (Å²) < 4.78 is 32.6. The highest BCUT2D eigenvalue weighted by atomic mass is 32.2. The number of benzene rings is 1. The van der Waals surface area contributed by atoms with Crippen molar-refractivity contribution in [3.05, 3.63) is 69.9 Å². The van der Waals surface area contributed by atoms with E-state index in [4.69, 9.17) is 4.74 Å². The first-order chi connectivity index (χ1) is 17.6. The molecule has 0 aliphatic carbocycles. The normalized spacial score (nSPS) is 14.3. The molecule has 3 aromatic heterocycles. The Morgan fingerprint density at radius 3 is 2.57 bits per heavy atom. The molecule has 0 saturated carbocycles. The fourth-order valence-electron chi connectivity index (χ4n) is 4.26. The van der Waals surface area contributed by atoms with Crippen LogP contribution in [0.1, 0.15) is 16.8 Å². The van der Waals surface area contributed by atoms with Gasteiger partial charge in [-0.1, -0.05) is 29.8 Å². The Kier molecular flexibility index (Phi) is 6.38. The van der Waals surface area contributed by atoms with E-state index in [-0.39, 0.29) is 22.9 Å². The van der Waals surface area contributed by atoms with Gasteiger partial charge in [0.1, 0.15) is 0 Å². The third-order valence-electron chi connectivity index (χ3n) is 6.45. The maximum absolute atomic E-state index is 13.3. The van der Waals surface area contributed by atoms with Gasteiger partial charge in [0, 0.05) is 44.6 Å². The minimum Gasteiger partial charge on any atom is -0.501 e. The molecule has 1 aliphatic heterocycles. The fourth-order valence-corrected chi connectivity index (χ4v) is 4.76. The molecule has 4 heterocycles. The van der Waals surface area contributed by atoms with Crippen LogP contribution in [0.2, 0.25) is 0 Å². The number of morpholine rings is 1. The summed E-state index contributed by atoms with van der Waals surface area (Å²) in [6.07, 6.45) is 4.84. The molecule has 1 saturated heterocycles. The van der Waals surface area contributed by atoms with Crippen molar-refractivity contribution < 1.29 is 18.3 Å². The van der Waals surface area contributed by atoms with Gasteiger partial charge < -0.3 is 19.7 Å². The Hall–Kier alpha value is -3.90. The van der Waals surface area contributed by atoms with Gasteiger partial charge in [0.05, 0.1) is 30.8 Å². The molecule has 0 spiro atoms. The van der Waals surface area contributed by atoms with E-state index in [1.54, 1.807) is 18.5 Å². The summed E-state index contributed by atoms with van der Waals surface area (Å²) in [5.74, 6) is -0.370. The molecule has 4 aromatic rings. The Labute approximate surface area is 214 Å². The lowest BCUT2D eigenvalue weighted by Gasteiger charge is -2.30. The van der Waals surface area contributed by atoms with Crippen LogP contribution in [0.25, 0.3) is 17.2 Å². The van der Waals surface area contributed by atoms with Gasteiger partial charge in [-0.2, -0.15) is 0 Å². The SMILES string of the molecule is Cc1ccc(Cc2cnc(-c3nc4c(N(C)S(C)(=O)=O)cc(N5CCOCC5)cn4c(=O)c3O)[nH]2)cc1. The van der Waals surface area contributed by atoms with E-state index in [2.05, 4.69) is 15.0 Å². The molecular weight excluding hydrogens is 496 g/mol. The number of aromatic amines is 1. The first kappa shape index (κ1) is 24.8. The van der Waals surface area contributed by atoms with E-state index in [0.29, 0.717) is 38.4 Å². The number of ether oxygens (including phenoxy) is 1. The van der Waals surface area contributed by atoms with Gasteiger partial charge in [-0.05, 0) is 18.6 Å². The molecule has 1 aromatic carbocycles. The number of fused-ring (bicyclic) bond motifs is 1. The smallest absolute Gasteiger partial charge is 0.300 e. The van der Waals surface area contributed by atoms with Crippen LogP contribution in [0, 0.1) is 6.92 Å². The second-order valence-electron chi connectivity index (χ2n) is 9.14. The van der Waals surface area contributed by atoms with Gasteiger partial charge in [0.25, 0.3) is 0 Å². The standard InChI is InChI=1S/C25H28N6O5S/c1-16-4-6-17(7-5-16)12-18-14-26-23(27-18)21-22(32)25(33)31-15-19(30-8-10-36-11-9-30)13-20(24(31)28-21)29(2)37(3,34)35/h4-7,13-15,32H,8-12H2,1-3H3,(H,26,27). The largest absolute Gasteiger partial charge is 0.501 e. The second-order valence-corrected chi connectivity index (χ2v) is 11.2. The molecule has 12 heteroatoms. The number of nitrogens with one attached hydrogen (secondary N) is 1. The summed E-state index contributed by atoms with van der Waals surface area (Å²) in [6.45, 7) is 4.20. The molecule has 0 amide bonds. The molecule has 5 rings (SSSR count). The van der Waals surface area contributed by atoms with Crippen LogP contribution in [-0.2, 0) is 21.2 Å². The minimum absolute atomic E-state index is 0.0533. The first-order valence-corrected chi connectivity index (χ1v) is 13.6. The Morgan fingerprint density at radius 2 is 1.89 bits per heavy atom. The predicted molar refractivity (Wildman–Crippen MR) is 141 cm³/mol. The summed E-state index contributed by atoms with van der Waals surface area (Å²) in [4.78, 5) is 27.3. The van der Waals surface area contributed by atoms with Crippen LogP contribution in [-0.4, -0.2) is 72.5 Å². The molecule has 194 valence electrons. The number of nitrogens with zero attached hydrogens (tertiary/aromatic N) is 5. The Balaban J connectivity index is 1.63. The highest BCUT2D eigenvalue weighted by Gasteiger charge is 2.24. The van der Waals surface area contributed by atoms with Crippen molar-refractivity contribution in [3.63, 3.8) is 0 Å². The average Bonchev–Trinajstić information content (AvgIpc) is 3.34. The molecule has 1 aliphatic rings. The summed E-state index contributed by atoms with van der Waals surface area (Å²) >= 11 is 0. The molecule has 2 N–H and O–H groups in total. The van der Waals surface area contributed by atoms with Gasteiger partial charge in [-0.15, -0.1) is 0 Å². The number of sulfonamides is 1. The fraction of sp³-hybridized carbons (Fsp3) is 0.320. The van der Waals surface area contributed by atoms with Crippen LogP contribution >= 0.6 is 0 Å². The Morgan fingerprint density at radius 1 is 1.19 bits per heavy atom. The predicted octanol–water partition coefficient (Wildman–Crippen LogP) is 1.92. The quantitative estimate of drug-likeness (QED) is 0.391. The van der Waals surface area contributed by atoms with Crippen molar-refractivity contribution in [1.29, 1.82) is 0 Å². The Bertz CT molecular complexity index is 1620. The number of anilines is 2. The van der Waals surface area contributed by atoms with Crippen LogP contribution < -0.4 is 14.8 Å². The number of hydrogen-bond donors (Lipinski definition) is 2. The third kappa shape index (κ3) is 4.89. The van der Waals surface area contributed by atoms with E-state index in [1.807, 2.05) is 36.1 Å². The number of rotatable bonds is 6. The molecule has 11 nitrogen and oxygen atoms in total. The number of pyridine rings is 1. The maximum Gasteiger partial charge on any atom is 0.300 e. The molecule has 0 radical (unpaired) electrons. The number of aryl methyl sites for hydroxylation is 1. The van der Waals surface area contributed by atoms with Crippen molar-refractivity contribution >= 4 is 27.0 Å². The van der Waals surface area contributed by atoms with Crippen molar-refractivity contribution in [2.75, 3.05) is 48.8 Å². The van der Waals surface area contributed by atoms with Crippen molar-refractivity contribution in [3.8, 4) is 17.3 Å². The highest BCUT2D eigenvalue weighted by molar-refractivity contribution is 7.92. The van der Waals surface area contributed by atoms with Gasteiger partial charge in [-0.25, -0.2) is 18.4 Å². The lowest BCUT2D eigenvalue weighted by molar-refractivity contribution is 0.122. The van der Waals surface area contributed by atoms with Crippen LogP contribution in [0.3, 0.4) is 0 Å². The van der Waals surface area contributed by atoms with Gasteiger partial charge in [0.2, 0.25) is 15.8 Å². The zero-order chi connectivity index (χ0) is 26.3. The minimum atomic E-state index is -3.68. The number of imidazole rings is 1. The average molecular weight is 525 g/mol. The summed E-state index contributed by atoms with van der Waals surface area (Å²) in [6, 6.07) is 9.77. The molecule has 37 heavy (non-hydrogen) atoms. The zero-order valence-corrected chi connectivity index (χ0v) is 21.6. The molecule has 0 atom stereocenters. The maximum atomic E-state index is 13.3. The van der Waals surface area contributed by atoms with E-state index >= 15 is 0 Å². The van der Waals surface area contributed by atoms with E-state index in [9.17, 15) is 18.3 Å². The van der Waals surface area contributed by atoms with E-state index < -0.39 is 21.3 Å². The van der Waals surface area contributed by atoms with Crippen LogP contribution in [0.15, 0.2) is 47.5 Å². The third-order valence-corrected chi connectivity index (χ3v) is 7.64. The zero-order valence-electron chi connectivity index (χ0n) is 20.8. The van der Waals surface area contributed by atoms with Crippen molar-refractivity contribution in [2.45, 2.75) is 13.3 Å². The lowest BCUT2D eigenvalue weighted by Crippen LogP contribution is -2.37. The number of H-pyrrole nitrogens is 1. The van der Waals surface area contributed by atoms with Crippen LogP contribution in [0.5, 0.6) is 5.75 Å². The monoisotopic (exact) mass is 524 g/mol. The van der Waals surface area contributed by atoms with Crippen molar-refractivity contribution in [2.24, 2.45) is 0 Å². The second kappa shape index (κ2) is 9.52. The van der Waals surface area contributed by atoms with Crippen LogP contribution in [0.4, 0.5) is 11.4 Å². The number of aromatic nitrogens is 4. The molecule has 1 fully saturated rings. The van der Waals surface area contributed by atoms with Gasteiger partial charge in [-0.3, -0.25) is 13.5 Å². The van der Waals surface area contributed by atoms with Gasteiger partial charge >= 0.3 is 5.56 Å². The summed E-state index contributed by atoms with van der Waals surface area (Å²) in [7, 11) is -2.28. The number of hydrogen-bond acceptors (Lipinski definition) is 8. The summed E-state index contributed by atoms with van der Waals surface area (Å²) in [5, 5.41) is 10.8. The molecule has 0 bridgehead atoms.